The summed E-state index contributed by atoms with van der Waals surface area (Å²) in [7, 11) is 0. The van der Waals surface area contributed by atoms with Gasteiger partial charge >= 0.3 is 0 Å². The molecule has 5 heteroatoms. The number of imide groups is 1. The molecule has 0 N–H and O–H groups in total. The molecule has 2 aromatic rings. The Morgan fingerprint density at radius 3 is 2.33 bits per heavy atom. The highest BCUT2D eigenvalue weighted by atomic mass is 32.2. The predicted molar refractivity (Wildman–Crippen MR) is 108 cm³/mol. The van der Waals surface area contributed by atoms with Crippen LogP contribution in [0.15, 0.2) is 64.4 Å². The average molecular weight is 381 g/mol. The monoisotopic (exact) mass is 381 g/mol. The highest BCUT2D eigenvalue weighted by Gasteiger charge is 2.39. The topological polar surface area (TPSA) is 46.6 Å². The van der Waals surface area contributed by atoms with Crippen LogP contribution in [-0.2, 0) is 14.3 Å². The summed E-state index contributed by atoms with van der Waals surface area (Å²) in [6.07, 6.45) is 0.635. The second-order valence-corrected chi connectivity index (χ2v) is 7.38. The van der Waals surface area contributed by atoms with Crippen LogP contribution in [0.5, 0.6) is 0 Å². The maximum atomic E-state index is 13.1. The summed E-state index contributed by atoms with van der Waals surface area (Å²) in [6.45, 7) is 5.46. The van der Waals surface area contributed by atoms with Crippen LogP contribution in [0.1, 0.15) is 24.5 Å². The van der Waals surface area contributed by atoms with Crippen LogP contribution in [0.3, 0.4) is 0 Å². The largest absolute Gasteiger partial charge is 0.382 e. The Labute approximate surface area is 164 Å². The smallest absolute Gasteiger partial charge is 0.268 e. The third-order valence-electron chi connectivity index (χ3n) is 4.30. The van der Waals surface area contributed by atoms with Gasteiger partial charge in [-0.3, -0.25) is 14.5 Å². The van der Waals surface area contributed by atoms with Crippen molar-refractivity contribution in [1.29, 1.82) is 0 Å². The fourth-order valence-electron chi connectivity index (χ4n) is 2.90. The van der Waals surface area contributed by atoms with Crippen molar-refractivity contribution in [2.24, 2.45) is 0 Å². The molecular formula is C22H23NO3S. The first kappa shape index (κ1) is 19.4. The molecule has 0 atom stereocenters. The lowest BCUT2D eigenvalue weighted by Crippen LogP contribution is -2.33. The molecule has 0 fully saturated rings. The number of ether oxygens (including phenoxy) is 1. The SMILES string of the molecule is CCOCCCN1C(=O)C(Sc2ccccc2)=C(c2ccc(C)cc2)C1=O. The summed E-state index contributed by atoms with van der Waals surface area (Å²) in [4.78, 5) is 28.9. The van der Waals surface area contributed by atoms with Gasteiger partial charge in [0.1, 0.15) is 0 Å². The minimum atomic E-state index is -0.223. The minimum Gasteiger partial charge on any atom is -0.382 e. The first-order chi connectivity index (χ1) is 13.1. The normalized spacial score (nSPS) is 14.4. The summed E-state index contributed by atoms with van der Waals surface area (Å²) in [6, 6.07) is 17.4. The van der Waals surface area contributed by atoms with Crippen LogP contribution in [0.4, 0.5) is 0 Å². The quantitative estimate of drug-likeness (QED) is 0.505. The molecule has 140 valence electrons. The van der Waals surface area contributed by atoms with Crippen molar-refractivity contribution in [2.75, 3.05) is 19.8 Å². The summed E-state index contributed by atoms with van der Waals surface area (Å²) in [5.74, 6) is -0.445. The van der Waals surface area contributed by atoms with Crippen molar-refractivity contribution in [3.63, 3.8) is 0 Å². The number of hydrogen-bond acceptors (Lipinski definition) is 4. The van der Waals surface area contributed by atoms with Crippen LogP contribution in [-0.4, -0.2) is 36.5 Å². The molecule has 1 aliphatic rings. The maximum Gasteiger partial charge on any atom is 0.268 e. The number of aryl methyl sites for hydroxylation is 1. The second kappa shape index (κ2) is 9.02. The van der Waals surface area contributed by atoms with Gasteiger partial charge in [-0.05, 0) is 38.0 Å². The van der Waals surface area contributed by atoms with E-state index in [-0.39, 0.29) is 11.8 Å². The van der Waals surface area contributed by atoms with Gasteiger partial charge in [0.25, 0.3) is 11.8 Å². The molecule has 1 aliphatic heterocycles. The lowest BCUT2D eigenvalue weighted by Gasteiger charge is -2.15. The van der Waals surface area contributed by atoms with Crippen LogP contribution in [0.2, 0.25) is 0 Å². The summed E-state index contributed by atoms with van der Waals surface area (Å²) >= 11 is 1.35. The summed E-state index contributed by atoms with van der Waals surface area (Å²) in [5.41, 5.74) is 2.39. The van der Waals surface area contributed by atoms with Gasteiger partial charge in [-0.2, -0.15) is 0 Å². The zero-order valence-electron chi connectivity index (χ0n) is 15.6. The fraction of sp³-hybridized carbons (Fsp3) is 0.273. The molecule has 0 bridgehead atoms. The number of benzene rings is 2. The van der Waals surface area contributed by atoms with E-state index >= 15 is 0 Å². The van der Waals surface area contributed by atoms with E-state index in [1.165, 1.54) is 16.7 Å². The van der Waals surface area contributed by atoms with Crippen molar-refractivity contribution < 1.29 is 14.3 Å². The lowest BCUT2D eigenvalue weighted by molar-refractivity contribution is -0.136. The van der Waals surface area contributed by atoms with Gasteiger partial charge < -0.3 is 4.74 Å². The summed E-state index contributed by atoms with van der Waals surface area (Å²) in [5, 5.41) is 0. The van der Waals surface area contributed by atoms with Gasteiger partial charge in [0.2, 0.25) is 0 Å². The molecule has 0 radical (unpaired) electrons. The van der Waals surface area contributed by atoms with E-state index in [9.17, 15) is 9.59 Å². The zero-order valence-corrected chi connectivity index (χ0v) is 16.4. The van der Waals surface area contributed by atoms with Crippen LogP contribution < -0.4 is 0 Å². The predicted octanol–water partition coefficient (Wildman–Crippen LogP) is 4.29. The number of carbonyl (C=O) groups excluding carboxylic acids is 2. The van der Waals surface area contributed by atoms with E-state index in [4.69, 9.17) is 4.74 Å². The molecule has 0 aliphatic carbocycles. The van der Waals surface area contributed by atoms with E-state index in [1.807, 2.05) is 68.4 Å². The molecule has 0 aromatic heterocycles. The van der Waals surface area contributed by atoms with Gasteiger partial charge in [0, 0.05) is 24.7 Å². The Kier molecular flexibility index (Phi) is 6.48. The third kappa shape index (κ3) is 4.49. The Hall–Kier alpha value is -2.37. The van der Waals surface area contributed by atoms with Crippen LogP contribution in [0, 0.1) is 6.92 Å². The van der Waals surface area contributed by atoms with E-state index in [2.05, 4.69) is 0 Å². The maximum absolute atomic E-state index is 13.1. The van der Waals surface area contributed by atoms with E-state index in [0.29, 0.717) is 36.7 Å². The highest BCUT2D eigenvalue weighted by Crippen LogP contribution is 2.39. The third-order valence-corrected chi connectivity index (χ3v) is 5.39. The fourth-order valence-corrected chi connectivity index (χ4v) is 3.94. The Balaban J connectivity index is 1.92. The van der Waals surface area contributed by atoms with Crippen LogP contribution in [0.25, 0.3) is 5.57 Å². The molecular weight excluding hydrogens is 358 g/mol. The highest BCUT2D eigenvalue weighted by molar-refractivity contribution is 8.04. The molecule has 0 saturated carbocycles. The Bertz CT molecular complexity index is 844. The molecule has 0 saturated heterocycles. The number of thioether (sulfide) groups is 1. The van der Waals surface area contributed by atoms with Crippen molar-refractivity contribution in [1.82, 2.24) is 4.90 Å². The Morgan fingerprint density at radius 1 is 0.963 bits per heavy atom. The number of amides is 2. The van der Waals surface area contributed by atoms with Gasteiger partial charge in [0.05, 0.1) is 10.5 Å². The molecule has 3 rings (SSSR count). The van der Waals surface area contributed by atoms with Gasteiger partial charge in [-0.1, -0.05) is 59.8 Å². The van der Waals surface area contributed by atoms with Gasteiger partial charge in [-0.25, -0.2) is 0 Å². The number of carbonyl (C=O) groups is 2. The average Bonchev–Trinajstić information content (AvgIpc) is 2.91. The lowest BCUT2D eigenvalue weighted by atomic mass is 10.0. The number of rotatable bonds is 8. The number of nitrogens with zero attached hydrogens (tertiary/aromatic N) is 1. The molecule has 4 nitrogen and oxygen atoms in total. The Morgan fingerprint density at radius 2 is 1.67 bits per heavy atom. The van der Waals surface area contributed by atoms with E-state index in [0.717, 1.165) is 16.0 Å². The molecule has 0 unspecified atom stereocenters. The molecule has 0 spiro atoms. The van der Waals surface area contributed by atoms with Crippen molar-refractivity contribution in [3.05, 3.63) is 70.6 Å². The van der Waals surface area contributed by atoms with E-state index in [1.54, 1.807) is 0 Å². The number of hydrogen-bond donors (Lipinski definition) is 0. The summed E-state index contributed by atoms with van der Waals surface area (Å²) < 4.78 is 5.34. The molecule has 1 heterocycles. The second-order valence-electron chi connectivity index (χ2n) is 6.30. The van der Waals surface area contributed by atoms with Gasteiger partial charge in [0.15, 0.2) is 0 Å². The van der Waals surface area contributed by atoms with Crippen molar-refractivity contribution >= 4 is 29.1 Å². The standard InChI is InChI=1S/C22H23NO3S/c1-3-26-15-7-14-23-21(24)19(17-12-10-16(2)11-13-17)20(22(23)25)27-18-8-5-4-6-9-18/h4-6,8-13H,3,7,14-15H2,1-2H3. The van der Waals surface area contributed by atoms with Gasteiger partial charge in [-0.15, -0.1) is 0 Å². The van der Waals surface area contributed by atoms with Crippen molar-refractivity contribution in [2.45, 2.75) is 25.2 Å². The molecule has 2 aromatic carbocycles. The first-order valence-electron chi connectivity index (χ1n) is 9.10. The van der Waals surface area contributed by atoms with Crippen LogP contribution >= 0.6 is 11.8 Å². The first-order valence-corrected chi connectivity index (χ1v) is 9.91. The minimum absolute atomic E-state index is 0.221. The zero-order chi connectivity index (χ0) is 19.2. The van der Waals surface area contributed by atoms with E-state index < -0.39 is 0 Å². The molecule has 27 heavy (non-hydrogen) atoms. The van der Waals surface area contributed by atoms with Crippen molar-refractivity contribution in [3.8, 4) is 0 Å². The molecule has 2 amide bonds.